The smallest absolute Gasteiger partial charge is 0.269 e. The van der Waals surface area contributed by atoms with Gasteiger partial charge in [0.2, 0.25) is 5.95 Å². The quantitative estimate of drug-likeness (QED) is 0.276. The number of rotatable bonds is 7. The number of aromatic amines is 1. The zero-order chi connectivity index (χ0) is 26.0. The van der Waals surface area contributed by atoms with Crippen LogP contribution < -0.4 is 15.6 Å². The molecule has 0 radical (unpaired) electrons. The van der Waals surface area contributed by atoms with E-state index in [4.69, 9.17) is 16.3 Å². The molecule has 3 heterocycles. The minimum absolute atomic E-state index is 0.167. The lowest BCUT2D eigenvalue weighted by atomic mass is 10.1. The van der Waals surface area contributed by atoms with Crippen molar-refractivity contribution in [3.63, 3.8) is 0 Å². The third-order valence-electron chi connectivity index (χ3n) is 5.46. The number of carbonyl (C=O) groups is 1. The molecule has 0 aliphatic carbocycles. The van der Waals surface area contributed by atoms with Crippen molar-refractivity contribution in [1.29, 1.82) is 0 Å². The third kappa shape index (κ3) is 5.47. The average molecular weight is 532 g/mol. The van der Waals surface area contributed by atoms with Gasteiger partial charge in [-0.2, -0.15) is 9.78 Å². The van der Waals surface area contributed by atoms with Crippen LogP contribution in [-0.2, 0) is 4.79 Å². The molecule has 0 spiro atoms. The van der Waals surface area contributed by atoms with Gasteiger partial charge in [0.1, 0.15) is 17.3 Å². The molecule has 0 saturated carbocycles. The minimum atomic E-state index is -1.24. The van der Waals surface area contributed by atoms with Crippen LogP contribution in [-0.4, -0.2) is 31.3 Å². The van der Waals surface area contributed by atoms with E-state index in [0.29, 0.717) is 28.0 Å². The highest BCUT2D eigenvalue weighted by Gasteiger charge is 2.31. The summed E-state index contributed by atoms with van der Waals surface area (Å²) in [7, 11) is 0. The van der Waals surface area contributed by atoms with Gasteiger partial charge in [-0.3, -0.25) is 14.6 Å². The largest absolute Gasteiger partial charge is 0.478 e. The molecule has 0 bridgehead atoms. The number of nitrogens with one attached hydrogen (secondary N) is 2. The molecule has 5 aromatic rings. The van der Waals surface area contributed by atoms with Crippen LogP contribution in [0.4, 0.5) is 5.82 Å². The number of H-pyrrole nitrogens is 1. The normalized spacial score (nSPS) is 11.3. The van der Waals surface area contributed by atoms with Crippen LogP contribution in [0.3, 0.4) is 0 Å². The van der Waals surface area contributed by atoms with E-state index in [1.54, 1.807) is 44.2 Å². The Hall–Kier alpha value is -4.21. The second kappa shape index (κ2) is 10.0. The Morgan fingerprint density at radius 1 is 1.03 bits per heavy atom. The minimum Gasteiger partial charge on any atom is -0.478 e. The lowest BCUT2D eigenvalue weighted by Crippen LogP contribution is -2.43. The van der Waals surface area contributed by atoms with Crippen LogP contribution in [0.25, 0.3) is 27.8 Å². The lowest BCUT2D eigenvalue weighted by Gasteiger charge is -2.25. The van der Waals surface area contributed by atoms with Crippen LogP contribution in [0, 0.1) is 0 Å². The number of hydrogen-bond donors (Lipinski definition) is 2. The molecule has 0 aliphatic heterocycles. The zero-order valence-corrected chi connectivity index (χ0v) is 21.5. The first-order valence-electron chi connectivity index (χ1n) is 11.4. The Bertz CT molecular complexity index is 1590. The highest BCUT2D eigenvalue weighted by atomic mass is 35.5. The fourth-order valence-corrected chi connectivity index (χ4v) is 4.40. The summed E-state index contributed by atoms with van der Waals surface area (Å²) in [5.74, 6) is 0.581. The Morgan fingerprint density at radius 2 is 1.78 bits per heavy atom. The molecule has 0 aliphatic rings. The van der Waals surface area contributed by atoms with E-state index in [2.05, 4.69) is 20.4 Å². The molecule has 37 heavy (non-hydrogen) atoms. The second-order valence-corrected chi connectivity index (χ2v) is 10.0. The molecule has 0 saturated heterocycles. The molecule has 0 fully saturated rings. The molecular weight excluding hydrogens is 510 g/mol. The zero-order valence-electron chi connectivity index (χ0n) is 19.9. The van der Waals surface area contributed by atoms with Gasteiger partial charge >= 0.3 is 0 Å². The molecule has 8 nitrogen and oxygen atoms in total. The van der Waals surface area contributed by atoms with E-state index >= 15 is 0 Å². The van der Waals surface area contributed by atoms with E-state index in [9.17, 15) is 9.59 Å². The maximum Gasteiger partial charge on any atom is 0.269 e. The van der Waals surface area contributed by atoms with E-state index in [0.717, 1.165) is 10.4 Å². The van der Waals surface area contributed by atoms with E-state index < -0.39 is 11.5 Å². The van der Waals surface area contributed by atoms with Crippen molar-refractivity contribution < 1.29 is 9.53 Å². The van der Waals surface area contributed by atoms with E-state index in [1.807, 2.05) is 47.8 Å². The summed E-state index contributed by atoms with van der Waals surface area (Å²) in [5.41, 5.74) is 0.300. The molecule has 5 rings (SSSR count). The fourth-order valence-electron chi connectivity index (χ4n) is 3.59. The number of thiophene rings is 1. The van der Waals surface area contributed by atoms with E-state index in [1.165, 1.54) is 22.1 Å². The molecule has 2 N–H and O–H groups in total. The second-order valence-electron chi connectivity index (χ2n) is 8.64. The molecule has 10 heteroatoms. The lowest BCUT2D eigenvalue weighted by molar-refractivity contribution is -0.128. The maximum absolute atomic E-state index is 13.3. The van der Waals surface area contributed by atoms with Crippen LogP contribution in [0.2, 0.25) is 5.02 Å². The molecule has 2 aromatic carbocycles. The summed E-state index contributed by atoms with van der Waals surface area (Å²) >= 11 is 7.47. The summed E-state index contributed by atoms with van der Waals surface area (Å²) in [6.45, 7) is 3.32. The van der Waals surface area contributed by atoms with Crippen molar-refractivity contribution in [3.05, 3.63) is 99.6 Å². The van der Waals surface area contributed by atoms with Gasteiger partial charge in [0.05, 0.1) is 10.6 Å². The van der Waals surface area contributed by atoms with Crippen LogP contribution in [0.1, 0.15) is 13.8 Å². The monoisotopic (exact) mass is 531 g/mol. The van der Waals surface area contributed by atoms with Gasteiger partial charge < -0.3 is 10.1 Å². The first-order chi connectivity index (χ1) is 17.8. The van der Waals surface area contributed by atoms with Crippen molar-refractivity contribution in [3.8, 4) is 33.5 Å². The topological polar surface area (TPSA) is 102 Å². The molecule has 1 amide bonds. The number of anilines is 1. The number of hydrogen-bond acceptors (Lipinski definition) is 6. The Labute approximate surface area is 221 Å². The van der Waals surface area contributed by atoms with Crippen molar-refractivity contribution in [1.82, 2.24) is 19.7 Å². The van der Waals surface area contributed by atoms with Crippen molar-refractivity contribution in [2.24, 2.45) is 0 Å². The van der Waals surface area contributed by atoms with Crippen LogP contribution >= 0.6 is 22.9 Å². The van der Waals surface area contributed by atoms with Crippen molar-refractivity contribution in [2.75, 3.05) is 5.32 Å². The van der Waals surface area contributed by atoms with Gasteiger partial charge in [-0.1, -0.05) is 48.0 Å². The summed E-state index contributed by atoms with van der Waals surface area (Å²) in [5, 5.41) is 10.1. The average Bonchev–Trinajstić information content (AvgIpc) is 3.56. The standard InChI is InChI=1S/C27H22ClN5O3S/c1-27(2,36-19-12-10-18(28)11-13-19)25(35)30-23-15-21(22-9-6-14-37-22)32-33(23)26-29-20(16-24(34)31-26)17-7-4-3-5-8-17/h3-16H,1-2H3,(H,30,35)(H,29,31,34). The number of halogens is 1. The van der Waals surface area contributed by atoms with Crippen LogP contribution in [0.15, 0.2) is 89.0 Å². The molecule has 186 valence electrons. The summed E-state index contributed by atoms with van der Waals surface area (Å²) in [6, 6.07) is 23.1. The number of ether oxygens (including phenoxy) is 1. The first kappa shape index (κ1) is 24.5. The van der Waals surface area contributed by atoms with Crippen LogP contribution in [0.5, 0.6) is 5.75 Å². The fraction of sp³-hybridized carbons (Fsp3) is 0.111. The molecule has 3 aromatic heterocycles. The van der Waals surface area contributed by atoms with E-state index in [-0.39, 0.29) is 11.5 Å². The number of aromatic nitrogens is 4. The van der Waals surface area contributed by atoms with Crippen molar-refractivity contribution >= 4 is 34.7 Å². The number of amides is 1. The molecule has 0 atom stereocenters. The van der Waals surface area contributed by atoms with Gasteiger partial charge in [0.15, 0.2) is 5.60 Å². The van der Waals surface area contributed by atoms with Gasteiger partial charge in [-0.05, 0) is 49.6 Å². The third-order valence-corrected chi connectivity index (χ3v) is 6.60. The van der Waals surface area contributed by atoms with Crippen molar-refractivity contribution in [2.45, 2.75) is 19.4 Å². The highest BCUT2D eigenvalue weighted by molar-refractivity contribution is 7.13. The van der Waals surface area contributed by atoms with Gasteiger partial charge in [0, 0.05) is 22.7 Å². The Kier molecular flexibility index (Phi) is 6.64. The Morgan fingerprint density at radius 3 is 2.49 bits per heavy atom. The SMILES string of the molecule is CC(C)(Oc1ccc(Cl)cc1)C(=O)Nc1cc(-c2cccs2)nn1-c1nc(-c2ccccc2)cc(=O)[nH]1. The number of carbonyl (C=O) groups excluding carboxylic acids is 1. The first-order valence-corrected chi connectivity index (χ1v) is 12.6. The predicted octanol–water partition coefficient (Wildman–Crippen LogP) is 5.80. The summed E-state index contributed by atoms with van der Waals surface area (Å²) in [6.07, 6.45) is 0. The molecule has 0 unspecified atom stereocenters. The Balaban J connectivity index is 1.52. The van der Waals surface area contributed by atoms with Gasteiger partial charge in [0.25, 0.3) is 11.5 Å². The predicted molar refractivity (Wildman–Crippen MR) is 146 cm³/mol. The number of benzene rings is 2. The van der Waals surface area contributed by atoms with Gasteiger partial charge in [-0.15, -0.1) is 11.3 Å². The maximum atomic E-state index is 13.3. The van der Waals surface area contributed by atoms with Gasteiger partial charge in [-0.25, -0.2) is 4.98 Å². The highest BCUT2D eigenvalue weighted by Crippen LogP contribution is 2.29. The number of nitrogens with zero attached hydrogens (tertiary/aromatic N) is 3. The summed E-state index contributed by atoms with van der Waals surface area (Å²) < 4.78 is 7.36. The molecular formula is C27H22ClN5O3S. The summed E-state index contributed by atoms with van der Waals surface area (Å²) in [4.78, 5) is 34.2.